The Morgan fingerprint density at radius 3 is 2.58 bits per heavy atom. The van der Waals surface area contributed by atoms with Crippen LogP contribution in [0.5, 0.6) is 0 Å². The van der Waals surface area contributed by atoms with Crippen molar-refractivity contribution in [3.05, 3.63) is 42.5 Å². The van der Waals surface area contributed by atoms with E-state index in [0.717, 1.165) is 10.8 Å². The minimum Gasteiger partial charge on any atom is -0.347 e. The maximum absolute atomic E-state index is 12.9. The van der Waals surface area contributed by atoms with Crippen molar-refractivity contribution in [2.24, 2.45) is 11.8 Å². The maximum Gasteiger partial charge on any atom is 0.393 e. The normalized spacial score (nSPS) is 20.1. The summed E-state index contributed by atoms with van der Waals surface area (Å²) >= 11 is 0. The molecule has 0 aromatic heterocycles. The van der Waals surface area contributed by atoms with Crippen molar-refractivity contribution in [3.8, 4) is 0 Å². The minimum absolute atomic E-state index is 0.0546. The van der Waals surface area contributed by atoms with E-state index in [1.54, 1.807) is 12.1 Å². The van der Waals surface area contributed by atoms with Gasteiger partial charge in [-0.1, -0.05) is 36.4 Å². The monoisotopic (exact) mass is 365 g/mol. The van der Waals surface area contributed by atoms with Crippen LogP contribution in [0.15, 0.2) is 42.5 Å². The smallest absolute Gasteiger partial charge is 0.347 e. The Labute approximate surface area is 147 Å². The fourth-order valence-electron chi connectivity index (χ4n) is 3.13. The fraction of sp³-hybridized carbons (Fsp3) is 0.333. The van der Waals surface area contributed by atoms with Gasteiger partial charge >= 0.3 is 6.18 Å². The highest BCUT2D eigenvalue weighted by Crippen LogP contribution is 2.34. The summed E-state index contributed by atoms with van der Waals surface area (Å²) in [5.41, 5.74) is 0.582. The molecular formula is C18H18F3N3O2. The van der Waals surface area contributed by atoms with Gasteiger partial charge in [0, 0.05) is 24.2 Å². The SMILES string of the molecule is O=C(CNC(=O)[C@@H]1CNC[C@H]1C(F)(F)F)Nc1cccc2ccccc12. The lowest BCUT2D eigenvalue weighted by molar-refractivity contribution is -0.182. The van der Waals surface area contributed by atoms with Crippen molar-refractivity contribution in [1.29, 1.82) is 0 Å². The Morgan fingerprint density at radius 2 is 1.81 bits per heavy atom. The van der Waals surface area contributed by atoms with Gasteiger partial charge in [0.05, 0.1) is 18.4 Å². The number of benzene rings is 2. The summed E-state index contributed by atoms with van der Waals surface area (Å²) in [6, 6.07) is 12.9. The molecule has 8 heteroatoms. The van der Waals surface area contributed by atoms with Gasteiger partial charge < -0.3 is 16.0 Å². The summed E-state index contributed by atoms with van der Waals surface area (Å²) in [6.45, 7) is -0.728. The van der Waals surface area contributed by atoms with E-state index >= 15 is 0 Å². The molecule has 0 radical (unpaired) electrons. The summed E-state index contributed by atoms with van der Waals surface area (Å²) < 4.78 is 38.7. The summed E-state index contributed by atoms with van der Waals surface area (Å²) in [5.74, 6) is -4.22. The zero-order chi connectivity index (χ0) is 18.7. The molecule has 1 aliphatic rings. The lowest BCUT2D eigenvalue weighted by Crippen LogP contribution is -2.42. The molecule has 1 saturated heterocycles. The second-order valence-electron chi connectivity index (χ2n) is 6.21. The topological polar surface area (TPSA) is 70.2 Å². The molecule has 0 bridgehead atoms. The van der Waals surface area contributed by atoms with Gasteiger partial charge in [-0.25, -0.2) is 0 Å². The molecule has 2 atom stereocenters. The maximum atomic E-state index is 12.9. The number of halogens is 3. The predicted molar refractivity (Wildman–Crippen MR) is 91.5 cm³/mol. The van der Waals surface area contributed by atoms with Crippen molar-refractivity contribution in [3.63, 3.8) is 0 Å². The second kappa shape index (κ2) is 7.33. The van der Waals surface area contributed by atoms with E-state index in [1.807, 2.05) is 30.3 Å². The van der Waals surface area contributed by atoms with Crippen molar-refractivity contribution < 1.29 is 22.8 Å². The summed E-state index contributed by atoms with van der Waals surface area (Å²) in [7, 11) is 0. The second-order valence-corrected chi connectivity index (χ2v) is 6.21. The molecule has 2 aromatic carbocycles. The number of anilines is 1. The molecule has 2 aromatic rings. The van der Waals surface area contributed by atoms with Crippen LogP contribution in [0.4, 0.5) is 18.9 Å². The number of carbonyl (C=O) groups is 2. The van der Waals surface area contributed by atoms with Crippen LogP contribution in [0.2, 0.25) is 0 Å². The van der Waals surface area contributed by atoms with Crippen molar-refractivity contribution in [2.75, 3.05) is 25.0 Å². The Kier molecular flexibility index (Phi) is 5.13. The number of amides is 2. The fourth-order valence-corrected chi connectivity index (χ4v) is 3.13. The minimum atomic E-state index is -4.45. The summed E-state index contributed by atoms with van der Waals surface area (Å²) in [5, 5.41) is 9.34. The first-order valence-electron chi connectivity index (χ1n) is 8.19. The van der Waals surface area contributed by atoms with E-state index in [2.05, 4.69) is 16.0 Å². The van der Waals surface area contributed by atoms with Crippen LogP contribution in [0.3, 0.4) is 0 Å². The molecule has 26 heavy (non-hydrogen) atoms. The molecule has 5 nitrogen and oxygen atoms in total. The van der Waals surface area contributed by atoms with Gasteiger partial charge in [0.2, 0.25) is 11.8 Å². The van der Waals surface area contributed by atoms with E-state index in [0.29, 0.717) is 5.69 Å². The third kappa shape index (κ3) is 3.96. The molecular weight excluding hydrogens is 347 g/mol. The van der Waals surface area contributed by atoms with Gasteiger partial charge in [-0.05, 0) is 11.5 Å². The zero-order valence-corrected chi connectivity index (χ0v) is 13.8. The first kappa shape index (κ1) is 18.2. The molecule has 2 amide bonds. The van der Waals surface area contributed by atoms with Gasteiger partial charge in [0.25, 0.3) is 0 Å². The quantitative estimate of drug-likeness (QED) is 0.779. The molecule has 1 fully saturated rings. The van der Waals surface area contributed by atoms with Crippen LogP contribution in [-0.2, 0) is 9.59 Å². The highest BCUT2D eigenvalue weighted by molar-refractivity contribution is 6.03. The average molecular weight is 365 g/mol. The standard InChI is InChI=1S/C18H18F3N3O2/c19-18(20,21)14-9-22-8-13(14)17(26)23-10-16(25)24-15-7-3-5-11-4-1-2-6-12(11)15/h1-7,13-14,22H,8-10H2,(H,23,26)(H,24,25)/t13-,14-/m1/s1. The largest absolute Gasteiger partial charge is 0.393 e. The van der Waals surface area contributed by atoms with E-state index in [1.165, 1.54) is 0 Å². The number of alkyl halides is 3. The van der Waals surface area contributed by atoms with E-state index in [4.69, 9.17) is 0 Å². The van der Waals surface area contributed by atoms with Crippen molar-refractivity contribution >= 4 is 28.3 Å². The molecule has 138 valence electrons. The highest BCUT2D eigenvalue weighted by atomic mass is 19.4. The zero-order valence-electron chi connectivity index (χ0n) is 13.8. The number of nitrogens with one attached hydrogen (secondary N) is 3. The first-order valence-corrected chi connectivity index (χ1v) is 8.19. The van der Waals surface area contributed by atoms with Gasteiger partial charge in [-0.3, -0.25) is 9.59 Å². The van der Waals surface area contributed by atoms with Crippen LogP contribution in [-0.4, -0.2) is 37.6 Å². The van der Waals surface area contributed by atoms with Gasteiger partial charge in [-0.2, -0.15) is 13.2 Å². The van der Waals surface area contributed by atoms with Crippen molar-refractivity contribution in [1.82, 2.24) is 10.6 Å². The third-order valence-corrected chi connectivity index (χ3v) is 4.46. The van der Waals surface area contributed by atoms with Crippen LogP contribution in [0.25, 0.3) is 10.8 Å². The molecule has 0 aliphatic carbocycles. The summed E-state index contributed by atoms with van der Waals surface area (Å²) in [4.78, 5) is 24.1. The lowest BCUT2D eigenvalue weighted by atomic mass is 9.94. The molecule has 1 heterocycles. The summed E-state index contributed by atoms with van der Waals surface area (Å²) in [6.07, 6.45) is -4.45. The molecule has 3 rings (SSSR count). The van der Waals surface area contributed by atoms with Crippen LogP contribution in [0.1, 0.15) is 0 Å². The number of hydrogen-bond donors (Lipinski definition) is 3. The van der Waals surface area contributed by atoms with E-state index in [9.17, 15) is 22.8 Å². The number of carbonyl (C=O) groups excluding carboxylic acids is 2. The number of rotatable bonds is 4. The molecule has 3 N–H and O–H groups in total. The molecule has 1 aliphatic heterocycles. The van der Waals surface area contributed by atoms with Crippen LogP contribution >= 0.6 is 0 Å². The van der Waals surface area contributed by atoms with Gasteiger partial charge in [0.15, 0.2) is 0 Å². The van der Waals surface area contributed by atoms with Crippen LogP contribution < -0.4 is 16.0 Å². The van der Waals surface area contributed by atoms with Gasteiger partial charge in [-0.15, -0.1) is 0 Å². The first-order chi connectivity index (χ1) is 12.4. The Hall–Kier alpha value is -2.61. The van der Waals surface area contributed by atoms with Gasteiger partial charge in [0.1, 0.15) is 0 Å². The van der Waals surface area contributed by atoms with E-state index < -0.39 is 29.8 Å². The highest BCUT2D eigenvalue weighted by Gasteiger charge is 2.49. The Bertz CT molecular complexity index is 817. The predicted octanol–water partition coefficient (Wildman–Crippen LogP) is 2.29. The van der Waals surface area contributed by atoms with Crippen molar-refractivity contribution in [2.45, 2.75) is 6.18 Å². The Balaban J connectivity index is 1.59. The average Bonchev–Trinajstić information content (AvgIpc) is 3.10. The Morgan fingerprint density at radius 1 is 1.08 bits per heavy atom. The number of hydrogen-bond acceptors (Lipinski definition) is 3. The lowest BCUT2D eigenvalue weighted by Gasteiger charge is -2.20. The number of fused-ring (bicyclic) bond motifs is 1. The third-order valence-electron chi connectivity index (χ3n) is 4.46. The molecule has 0 saturated carbocycles. The van der Waals surface area contributed by atoms with E-state index in [-0.39, 0.29) is 19.6 Å². The molecule has 0 unspecified atom stereocenters. The van der Waals surface area contributed by atoms with Crippen LogP contribution in [0, 0.1) is 11.8 Å². The molecule has 0 spiro atoms.